The van der Waals surface area contributed by atoms with Crippen molar-refractivity contribution in [2.75, 3.05) is 5.32 Å². The molecule has 1 N–H and O–H groups in total. The summed E-state index contributed by atoms with van der Waals surface area (Å²) in [6, 6.07) is 7.08. The summed E-state index contributed by atoms with van der Waals surface area (Å²) in [5.41, 5.74) is 0.620. The number of halogens is 2. The average Bonchev–Trinajstić information content (AvgIpc) is 2.29. The van der Waals surface area contributed by atoms with E-state index in [0.717, 1.165) is 4.47 Å². The van der Waals surface area contributed by atoms with Gasteiger partial charge in [-0.15, -0.1) is 0 Å². The minimum atomic E-state index is -0.675. The zero-order valence-corrected chi connectivity index (χ0v) is 11.7. The van der Waals surface area contributed by atoms with Crippen molar-refractivity contribution in [1.82, 2.24) is 0 Å². The maximum atomic E-state index is 11.3. The van der Waals surface area contributed by atoms with E-state index in [-0.39, 0.29) is 11.1 Å². The van der Waals surface area contributed by atoms with Gasteiger partial charge in [0.25, 0.3) is 0 Å². The van der Waals surface area contributed by atoms with Crippen molar-refractivity contribution < 1.29 is 9.63 Å². The van der Waals surface area contributed by atoms with E-state index in [9.17, 15) is 4.79 Å². The second kappa shape index (κ2) is 6.61. The number of anilines is 1. The molecule has 4 nitrogen and oxygen atoms in total. The smallest absolute Gasteiger partial charge is 0.297 e. The summed E-state index contributed by atoms with van der Waals surface area (Å²) in [4.78, 5) is 15.9. The standard InChI is InChI=1S/C11H12BrClN2O2/c1-7(2)10(13)15-17-11(16)14-9-5-3-8(12)4-6-9/h3-7H,1-2H3,(H,14,16)/b15-10-. The molecule has 1 aromatic rings. The summed E-state index contributed by atoms with van der Waals surface area (Å²) in [6.07, 6.45) is -0.675. The molecule has 1 rings (SSSR count). The molecule has 0 spiro atoms. The van der Waals surface area contributed by atoms with Crippen LogP contribution in [0.5, 0.6) is 0 Å². The van der Waals surface area contributed by atoms with Crippen LogP contribution >= 0.6 is 27.5 Å². The lowest BCUT2D eigenvalue weighted by molar-refractivity contribution is 0.166. The van der Waals surface area contributed by atoms with Crippen molar-refractivity contribution in [3.63, 3.8) is 0 Å². The van der Waals surface area contributed by atoms with Crippen molar-refractivity contribution in [3.8, 4) is 0 Å². The summed E-state index contributed by atoms with van der Waals surface area (Å²) in [5.74, 6) is 0.0251. The van der Waals surface area contributed by atoms with E-state index in [1.165, 1.54) is 0 Å². The summed E-state index contributed by atoms with van der Waals surface area (Å²) in [6.45, 7) is 3.70. The van der Waals surface area contributed by atoms with E-state index in [2.05, 4.69) is 31.2 Å². The summed E-state index contributed by atoms with van der Waals surface area (Å²) in [7, 11) is 0. The third-order valence-corrected chi connectivity index (χ3v) is 2.82. The SMILES string of the molecule is CC(C)/C(Cl)=N/OC(=O)Nc1ccc(Br)cc1. The van der Waals surface area contributed by atoms with Crippen LogP contribution in [-0.4, -0.2) is 11.3 Å². The van der Waals surface area contributed by atoms with Gasteiger partial charge in [-0.1, -0.05) is 46.5 Å². The fourth-order valence-electron chi connectivity index (χ4n) is 0.864. The van der Waals surface area contributed by atoms with Gasteiger partial charge in [0, 0.05) is 16.1 Å². The Balaban J connectivity index is 2.50. The molecular weight excluding hydrogens is 307 g/mol. The maximum Gasteiger partial charge on any atom is 0.437 e. The fourth-order valence-corrected chi connectivity index (χ4v) is 1.16. The minimum Gasteiger partial charge on any atom is -0.297 e. The lowest BCUT2D eigenvalue weighted by Gasteiger charge is -2.04. The van der Waals surface area contributed by atoms with Gasteiger partial charge in [0.2, 0.25) is 0 Å². The molecule has 0 atom stereocenters. The van der Waals surface area contributed by atoms with Gasteiger partial charge in [0.05, 0.1) is 0 Å². The molecular formula is C11H12BrClN2O2. The van der Waals surface area contributed by atoms with Gasteiger partial charge in [-0.2, -0.15) is 0 Å². The predicted octanol–water partition coefficient (Wildman–Crippen LogP) is 4.21. The first-order valence-corrected chi connectivity index (χ1v) is 6.13. The van der Waals surface area contributed by atoms with Gasteiger partial charge in [-0.25, -0.2) is 4.79 Å². The highest BCUT2D eigenvalue weighted by Gasteiger charge is 2.05. The third kappa shape index (κ3) is 5.19. The summed E-state index contributed by atoms with van der Waals surface area (Å²) in [5, 5.41) is 6.26. The molecule has 0 aliphatic carbocycles. The van der Waals surface area contributed by atoms with Gasteiger partial charge < -0.3 is 0 Å². The molecule has 0 saturated heterocycles. The molecule has 92 valence electrons. The monoisotopic (exact) mass is 318 g/mol. The zero-order chi connectivity index (χ0) is 12.8. The molecule has 0 radical (unpaired) electrons. The van der Waals surface area contributed by atoms with Crippen molar-refractivity contribution >= 4 is 44.5 Å². The minimum absolute atomic E-state index is 0.0251. The van der Waals surface area contributed by atoms with Crippen LogP contribution in [0.4, 0.5) is 10.5 Å². The van der Waals surface area contributed by atoms with Gasteiger partial charge >= 0.3 is 6.09 Å². The normalized spacial score (nSPS) is 11.5. The van der Waals surface area contributed by atoms with Crippen molar-refractivity contribution in [3.05, 3.63) is 28.7 Å². The number of nitrogens with zero attached hydrogens (tertiary/aromatic N) is 1. The highest BCUT2D eigenvalue weighted by Crippen LogP contribution is 2.14. The number of amides is 1. The Kier molecular flexibility index (Phi) is 5.44. The van der Waals surface area contributed by atoms with Gasteiger partial charge in [-0.05, 0) is 24.3 Å². The Morgan fingerprint density at radius 2 is 2.00 bits per heavy atom. The van der Waals surface area contributed by atoms with Crippen LogP contribution < -0.4 is 5.32 Å². The van der Waals surface area contributed by atoms with Crippen LogP contribution in [0.2, 0.25) is 0 Å². The molecule has 0 aliphatic rings. The highest BCUT2D eigenvalue weighted by atomic mass is 79.9. The van der Waals surface area contributed by atoms with Crippen LogP contribution in [-0.2, 0) is 4.84 Å². The molecule has 17 heavy (non-hydrogen) atoms. The molecule has 1 amide bonds. The molecule has 0 bridgehead atoms. The molecule has 0 aromatic heterocycles. The Morgan fingerprint density at radius 1 is 1.41 bits per heavy atom. The van der Waals surface area contributed by atoms with Gasteiger partial charge in [0.15, 0.2) is 0 Å². The van der Waals surface area contributed by atoms with Crippen LogP contribution in [0.1, 0.15) is 13.8 Å². The average molecular weight is 320 g/mol. The Morgan fingerprint density at radius 3 is 2.53 bits per heavy atom. The Hall–Kier alpha value is -1.07. The molecule has 1 aromatic carbocycles. The third-order valence-electron chi connectivity index (χ3n) is 1.78. The van der Waals surface area contributed by atoms with E-state index in [1.807, 2.05) is 13.8 Å². The fraction of sp³-hybridized carbons (Fsp3) is 0.273. The van der Waals surface area contributed by atoms with E-state index >= 15 is 0 Å². The van der Waals surface area contributed by atoms with Gasteiger partial charge in [0.1, 0.15) is 5.17 Å². The first-order chi connectivity index (χ1) is 7.99. The van der Waals surface area contributed by atoms with Crippen molar-refractivity contribution in [2.45, 2.75) is 13.8 Å². The number of carbonyl (C=O) groups excluding carboxylic acids is 1. The van der Waals surface area contributed by atoms with Crippen molar-refractivity contribution in [2.24, 2.45) is 11.1 Å². The number of oxime groups is 1. The van der Waals surface area contributed by atoms with E-state index < -0.39 is 6.09 Å². The van der Waals surface area contributed by atoms with Gasteiger partial charge in [-0.3, -0.25) is 10.2 Å². The predicted molar refractivity (Wildman–Crippen MR) is 72.4 cm³/mol. The molecule has 0 fully saturated rings. The first kappa shape index (κ1) is 14.0. The molecule has 0 heterocycles. The first-order valence-electron chi connectivity index (χ1n) is 4.96. The van der Waals surface area contributed by atoms with E-state index in [1.54, 1.807) is 24.3 Å². The molecule has 0 saturated carbocycles. The second-order valence-electron chi connectivity index (χ2n) is 3.58. The number of nitrogens with one attached hydrogen (secondary N) is 1. The van der Waals surface area contributed by atoms with E-state index in [4.69, 9.17) is 11.6 Å². The van der Waals surface area contributed by atoms with Crippen LogP contribution in [0.3, 0.4) is 0 Å². The highest BCUT2D eigenvalue weighted by molar-refractivity contribution is 9.10. The van der Waals surface area contributed by atoms with Crippen molar-refractivity contribution in [1.29, 1.82) is 0 Å². The Bertz CT molecular complexity index is 418. The number of hydrogen-bond acceptors (Lipinski definition) is 3. The van der Waals surface area contributed by atoms with Crippen LogP contribution in [0, 0.1) is 5.92 Å². The number of hydrogen-bond donors (Lipinski definition) is 1. The molecule has 0 unspecified atom stereocenters. The largest absolute Gasteiger partial charge is 0.437 e. The quantitative estimate of drug-likeness (QED) is 0.515. The number of carbonyl (C=O) groups is 1. The topological polar surface area (TPSA) is 50.7 Å². The van der Waals surface area contributed by atoms with E-state index in [0.29, 0.717) is 5.69 Å². The number of benzene rings is 1. The number of rotatable bonds is 3. The summed E-state index contributed by atoms with van der Waals surface area (Å²) < 4.78 is 0.928. The van der Waals surface area contributed by atoms with Crippen LogP contribution in [0.25, 0.3) is 0 Å². The second-order valence-corrected chi connectivity index (χ2v) is 4.88. The lowest BCUT2D eigenvalue weighted by atomic mass is 10.2. The Labute approximate surface area is 113 Å². The molecule has 6 heteroatoms. The van der Waals surface area contributed by atoms with Crippen LogP contribution in [0.15, 0.2) is 33.9 Å². The summed E-state index contributed by atoms with van der Waals surface area (Å²) >= 11 is 9.02. The molecule has 0 aliphatic heterocycles. The maximum absolute atomic E-state index is 11.3. The lowest BCUT2D eigenvalue weighted by Crippen LogP contribution is -2.12. The zero-order valence-electron chi connectivity index (χ0n) is 9.41.